The first-order chi connectivity index (χ1) is 7.27. The van der Waals surface area contributed by atoms with E-state index in [1.54, 1.807) is 6.20 Å². The summed E-state index contributed by atoms with van der Waals surface area (Å²) in [5.74, 6) is 0.756. The number of aryl methyl sites for hydroxylation is 2. The molecule has 0 fully saturated rings. The van der Waals surface area contributed by atoms with Crippen molar-refractivity contribution in [3.05, 3.63) is 45.7 Å². The second-order valence-corrected chi connectivity index (χ2v) is 4.50. The zero-order valence-electron chi connectivity index (χ0n) is 8.23. The van der Waals surface area contributed by atoms with Gasteiger partial charge in [-0.15, -0.1) is 0 Å². The average Bonchev–Trinajstić information content (AvgIpc) is 2.59. The van der Waals surface area contributed by atoms with Gasteiger partial charge in [0, 0.05) is 6.54 Å². The molecule has 15 heavy (non-hydrogen) atoms. The van der Waals surface area contributed by atoms with E-state index >= 15 is 0 Å². The number of rotatable bonds is 3. The third-order valence-corrected chi connectivity index (χ3v) is 3.12. The third kappa shape index (κ3) is 2.50. The highest BCUT2D eigenvalue weighted by molar-refractivity contribution is 14.1. The zero-order valence-corrected chi connectivity index (χ0v) is 10.4. The van der Waals surface area contributed by atoms with Crippen LogP contribution in [-0.2, 0) is 13.0 Å². The van der Waals surface area contributed by atoms with Crippen LogP contribution in [0.15, 0.2) is 36.5 Å². The lowest BCUT2D eigenvalue weighted by Crippen LogP contribution is -2.07. The maximum absolute atomic E-state index is 5.86. The Morgan fingerprint density at radius 2 is 2.00 bits per heavy atom. The summed E-state index contributed by atoms with van der Waals surface area (Å²) < 4.78 is 2.86. The van der Waals surface area contributed by atoms with Crippen LogP contribution >= 0.6 is 22.6 Å². The van der Waals surface area contributed by atoms with E-state index in [0.29, 0.717) is 0 Å². The Labute approximate surface area is 102 Å². The monoisotopic (exact) mass is 313 g/mol. The number of nitrogens with zero attached hydrogens (tertiary/aromatic N) is 2. The van der Waals surface area contributed by atoms with E-state index in [4.69, 9.17) is 5.73 Å². The van der Waals surface area contributed by atoms with Crippen LogP contribution in [0.1, 0.15) is 5.56 Å². The zero-order chi connectivity index (χ0) is 10.7. The van der Waals surface area contributed by atoms with Crippen molar-refractivity contribution in [2.45, 2.75) is 13.0 Å². The van der Waals surface area contributed by atoms with Gasteiger partial charge in [0.2, 0.25) is 0 Å². The molecule has 78 valence electrons. The Balaban J connectivity index is 2.02. The van der Waals surface area contributed by atoms with Crippen LogP contribution in [0.2, 0.25) is 0 Å². The normalized spacial score (nSPS) is 10.5. The number of hydrogen-bond donors (Lipinski definition) is 1. The number of aromatic nitrogens is 2. The average molecular weight is 313 g/mol. The second-order valence-electron chi connectivity index (χ2n) is 3.34. The largest absolute Gasteiger partial charge is 0.383 e. The molecule has 1 aromatic carbocycles. The summed E-state index contributed by atoms with van der Waals surface area (Å²) in [6.45, 7) is 0.832. The van der Waals surface area contributed by atoms with Gasteiger partial charge in [0.1, 0.15) is 5.82 Å². The minimum atomic E-state index is 0.756. The summed E-state index contributed by atoms with van der Waals surface area (Å²) in [4.78, 5) is 0. The van der Waals surface area contributed by atoms with E-state index in [-0.39, 0.29) is 0 Å². The minimum absolute atomic E-state index is 0.756. The number of anilines is 1. The fraction of sp³-hybridized carbons (Fsp3) is 0.182. The van der Waals surface area contributed by atoms with E-state index in [0.717, 1.165) is 22.4 Å². The molecule has 0 bridgehead atoms. The van der Waals surface area contributed by atoms with Crippen molar-refractivity contribution in [2.75, 3.05) is 5.73 Å². The molecule has 2 N–H and O–H groups in total. The second kappa shape index (κ2) is 4.65. The fourth-order valence-electron chi connectivity index (χ4n) is 1.43. The molecule has 2 rings (SSSR count). The van der Waals surface area contributed by atoms with Gasteiger partial charge < -0.3 is 5.73 Å². The molecule has 1 aromatic heterocycles. The molecule has 0 atom stereocenters. The van der Waals surface area contributed by atoms with Crippen LogP contribution < -0.4 is 5.73 Å². The smallest absolute Gasteiger partial charge is 0.135 e. The lowest BCUT2D eigenvalue weighted by atomic mass is 10.1. The van der Waals surface area contributed by atoms with E-state index in [9.17, 15) is 0 Å². The Hall–Kier alpha value is -1.04. The number of nitrogens with two attached hydrogens (primary N) is 1. The number of nitrogen functional groups attached to an aromatic ring is 1. The molecule has 0 radical (unpaired) electrons. The van der Waals surface area contributed by atoms with E-state index in [1.807, 2.05) is 22.9 Å². The highest BCUT2D eigenvalue weighted by Gasteiger charge is 2.03. The molecule has 0 amide bonds. The van der Waals surface area contributed by atoms with Gasteiger partial charge in [-0.1, -0.05) is 30.3 Å². The summed E-state index contributed by atoms with van der Waals surface area (Å²) in [5, 5.41) is 4.21. The molecule has 2 aromatic rings. The molecule has 0 aliphatic rings. The van der Waals surface area contributed by atoms with Crippen LogP contribution in [0.25, 0.3) is 0 Å². The number of halogens is 1. The predicted molar refractivity (Wildman–Crippen MR) is 69.5 cm³/mol. The Kier molecular flexibility index (Phi) is 3.25. The summed E-state index contributed by atoms with van der Waals surface area (Å²) in [6.07, 6.45) is 2.75. The van der Waals surface area contributed by atoms with Crippen molar-refractivity contribution in [3.63, 3.8) is 0 Å². The van der Waals surface area contributed by atoms with E-state index in [1.165, 1.54) is 5.56 Å². The van der Waals surface area contributed by atoms with Crippen molar-refractivity contribution < 1.29 is 0 Å². The Morgan fingerprint density at radius 1 is 1.27 bits per heavy atom. The quantitative estimate of drug-likeness (QED) is 0.884. The maximum atomic E-state index is 5.86. The lowest BCUT2D eigenvalue weighted by molar-refractivity contribution is 0.623. The standard InChI is InChI=1S/C11H12IN3/c12-10-8-14-15(11(10)13)7-6-9-4-2-1-3-5-9/h1-5,8H,6-7,13H2. The third-order valence-electron chi connectivity index (χ3n) is 2.29. The van der Waals surface area contributed by atoms with Gasteiger partial charge in [0.15, 0.2) is 0 Å². The molecule has 0 aliphatic heterocycles. The van der Waals surface area contributed by atoms with Crippen LogP contribution in [-0.4, -0.2) is 9.78 Å². The number of benzene rings is 1. The molecule has 0 saturated carbocycles. The summed E-state index contributed by atoms with van der Waals surface area (Å²) in [7, 11) is 0. The minimum Gasteiger partial charge on any atom is -0.383 e. The van der Waals surface area contributed by atoms with Crippen molar-refractivity contribution in [1.82, 2.24) is 9.78 Å². The van der Waals surface area contributed by atoms with Crippen molar-refractivity contribution in [3.8, 4) is 0 Å². The summed E-state index contributed by atoms with van der Waals surface area (Å²) >= 11 is 2.19. The van der Waals surface area contributed by atoms with Crippen LogP contribution in [0.3, 0.4) is 0 Å². The molecule has 0 saturated heterocycles. The summed E-state index contributed by atoms with van der Waals surface area (Å²) in [5.41, 5.74) is 7.17. The van der Waals surface area contributed by atoms with Gasteiger partial charge in [0.25, 0.3) is 0 Å². The van der Waals surface area contributed by atoms with Crippen LogP contribution in [0.5, 0.6) is 0 Å². The molecule has 0 aliphatic carbocycles. The van der Waals surface area contributed by atoms with Gasteiger partial charge in [-0.25, -0.2) is 4.68 Å². The highest BCUT2D eigenvalue weighted by atomic mass is 127. The van der Waals surface area contributed by atoms with Gasteiger partial charge in [-0.3, -0.25) is 0 Å². The topological polar surface area (TPSA) is 43.8 Å². The molecule has 1 heterocycles. The highest BCUT2D eigenvalue weighted by Crippen LogP contribution is 2.13. The molecule has 0 unspecified atom stereocenters. The molecule has 4 heteroatoms. The van der Waals surface area contributed by atoms with Crippen LogP contribution in [0.4, 0.5) is 5.82 Å². The first kappa shape index (κ1) is 10.5. The summed E-state index contributed by atoms with van der Waals surface area (Å²) in [6, 6.07) is 10.3. The van der Waals surface area contributed by atoms with Gasteiger partial charge >= 0.3 is 0 Å². The SMILES string of the molecule is Nc1c(I)cnn1CCc1ccccc1. The van der Waals surface area contributed by atoms with Gasteiger partial charge in [0.05, 0.1) is 9.77 Å². The Morgan fingerprint density at radius 3 is 2.60 bits per heavy atom. The van der Waals surface area contributed by atoms with E-state index < -0.39 is 0 Å². The van der Waals surface area contributed by atoms with Crippen molar-refractivity contribution in [1.29, 1.82) is 0 Å². The van der Waals surface area contributed by atoms with Crippen LogP contribution in [0, 0.1) is 3.57 Å². The first-order valence-electron chi connectivity index (χ1n) is 4.78. The molecule has 3 nitrogen and oxygen atoms in total. The maximum Gasteiger partial charge on any atom is 0.135 e. The fourth-order valence-corrected chi connectivity index (χ4v) is 1.83. The molecule has 0 spiro atoms. The van der Waals surface area contributed by atoms with Gasteiger partial charge in [-0.05, 0) is 34.6 Å². The van der Waals surface area contributed by atoms with E-state index in [2.05, 4.69) is 39.8 Å². The van der Waals surface area contributed by atoms with Crippen molar-refractivity contribution in [2.24, 2.45) is 0 Å². The first-order valence-corrected chi connectivity index (χ1v) is 5.86. The molecular formula is C11H12IN3. The number of hydrogen-bond acceptors (Lipinski definition) is 2. The van der Waals surface area contributed by atoms with Gasteiger partial charge in [-0.2, -0.15) is 5.10 Å². The Bertz CT molecular complexity index is 436. The van der Waals surface area contributed by atoms with Crippen molar-refractivity contribution >= 4 is 28.4 Å². The predicted octanol–water partition coefficient (Wildman–Crippen LogP) is 2.31. The molecular weight excluding hydrogens is 301 g/mol. The lowest BCUT2D eigenvalue weighted by Gasteiger charge is -2.04.